The first-order valence-corrected chi connectivity index (χ1v) is 10.9. The lowest BCUT2D eigenvalue weighted by atomic mass is 10.1. The molecule has 3 aromatic rings. The quantitative estimate of drug-likeness (QED) is 0.449. The van der Waals surface area contributed by atoms with E-state index in [4.69, 9.17) is 19.7 Å². The molecule has 1 unspecified atom stereocenters. The first-order valence-electron chi connectivity index (χ1n) is 10.9. The number of ether oxygens (including phenoxy) is 2. The topological polar surface area (TPSA) is 142 Å². The van der Waals surface area contributed by atoms with Crippen molar-refractivity contribution in [1.29, 1.82) is 0 Å². The Bertz CT molecular complexity index is 1280. The second-order valence-electron chi connectivity index (χ2n) is 7.87. The number of benzene rings is 1. The predicted molar refractivity (Wildman–Crippen MR) is 131 cm³/mol. The molecule has 0 spiro atoms. The average Bonchev–Trinajstić information content (AvgIpc) is 3.14. The van der Waals surface area contributed by atoms with Crippen molar-refractivity contribution in [2.75, 3.05) is 39.3 Å². The van der Waals surface area contributed by atoms with Crippen molar-refractivity contribution in [3.63, 3.8) is 0 Å². The number of methoxy groups -OCH3 is 1. The second kappa shape index (κ2) is 11.9. The smallest absolute Gasteiger partial charge is 0.328 e. The summed E-state index contributed by atoms with van der Waals surface area (Å²) in [6.45, 7) is 1.25. The Morgan fingerprint density at radius 1 is 1.03 bits per heavy atom. The van der Waals surface area contributed by atoms with Crippen LogP contribution in [-0.2, 0) is 14.3 Å². The van der Waals surface area contributed by atoms with Crippen molar-refractivity contribution in [3.05, 3.63) is 71.8 Å². The van der Waals surface area contributed by atoms with Crippen LogP contribution in [0.2, 0.25) is 0 Å². The molecule has 0 fully saturated rings. The molecule has 0 bridgehead atoms. The number of fused-ring (bicyclic) bond motifs is 2. The molecule has 188 valence electrons. The Morgan fingerprint density at radius 3 is 2.33 bits per heavy atom. The molecule has 0 aliphatic carbocycles. The summed E-state index contributed by atoms with van der Waals surface area (Å²) in [5, 5.41) is 16.5. The van der Waals surface area contributed by atoms with Gasteiger partial charge < -0.3 is 24.6 Å². The van der Waals surface area contributed by atoms with Crippen molar-refractivity contribution < 1.29 is 34.1 Å². The summed E-state index contributed by atoms with van der Waals surface area (Å²) < 4.78 is 11.3. The standard InChI is InChI=1S/C21H22N4O3.C4H4O4/c1-24(2)12-13-28-21-16-7-5-4-6-15(16)20(26)25(21)17-10-8-14-9-11-18(27-3)23-19(14)22-17;5-3(6)1-2-4(7)8/h4-11,21H,12-13H2,1-3H3;1-2H,(H,5,6)(H,7,8)/b;2-1+. The van der Waals surface area contributed by atoms with Gasteiger partial charge >= 0.3 is 11.9 Å². The van der Waals surface area contributed by atoms with E-state index in [0.29, 0.717) is 41.7 Å². The fraction of sp³-hybridized carbons (Fsp3) is 0.240. The summed E-state index contributed by atoms with van der Waals surface area (Å²) in [4.78, 5) is 44.9. The number of amides is 1. The van der Waals surface area contributed by atoms with Gasteiger partial charge in [-0.1, -0.05) is 18.2 Å². The Kier molecular flexibility index (Phi) is 8.66. The van der Waals surface area contributed by atoms with Crippen LogP contribution in [0.3, 0.4) is 0 Å². The van der Waals surface area contributed by atoms with E-state index < -0.39 is 18.2 Å². The third-order valence-corrected chi connectivity index (χ3v) is 5.06. The van der Waals surface area contributed by atoms with E-state index >= 15 is 0 Å². The molecule has 1 aromatic carbocycles. The van der Waals surface area contributed by atoms with Crippen LogP contribution in [0.15, 0.2) is 60.7 Å². The Balaban J connectivity index is 0.000000392. The number of likely N-dealkylation sites (N-methyl/N-ethyl adjacent to an activating group) is 1. The lowest BCUT2D eigenvalue weighted by Gasteiger charge is -2.25. The van der Waals surface area contributed by atoms with Crippen LogP contribution < -0.4 is 9.64 Å². The molecular weight excluding hydrogens is 468 g/mol. The molecule has 4 rings (SSSR count). The molecule has 0 saturated carbocycles. The first-order chi connectivity index (χ1) is 17.2. The molecule has 2 aromatic heterocycles. The molecule has 0 saturated heterocycles. The number of carbonyl (C=O) groups excluding carboxylic acids is 1. The van der Waals surface area contributed by atoms with Gasteiger partial charge in [-0.05, 0) is 38.4 Å². The van der Waals surface area contributed by atoms with Crippen LogP contribution in [0.25, 0.3) is 11.0 Å². The Morgan fingerprint density at radius 2 is 1.69 bits per heavy atom. The average molecular weight is 495 g/mol. The molecular formula is C25H26N4O7. The minimum absolute atomic E-state index is 0.125. The highest BCUT2D eigenvalue weighted by molar-refractivity contribution is 6.10. The molecule has 1 aliphatic heterocycles. The number of pyridine rings is 2. The van der Waals surface area contributed by atoms with Crippen LogP contribution >= 0.6 is 0 Å². The Hall–Kier alpha value is -4.35. The van der Waals surface area contributed by atoms with Gasteiger partial charge in [-0.25, -0.2) is 14.6 Å². The summed E-state index contributed by atoms with van der Waals surface area (Å²) in [5.74, 6) is -1.66. The van der Waals surface area contributed by atoms with Crippen LogP contribution in [0.4, 0.5) is 5.82 Å². The van der Waals surface area contributed by atoms with Crippen LogP contribution in [0.5, 0.6) is 5.88 Å². The van der Waals surface area contributed by atoms with Gasteiger partial charge in [-0.15, -0.1) is 0 Å². The summed E-state index contributed by atoms with van der Waals surface area (Å²) in [5.41, 5.74) is 2.01. The van der Waals surface area contributed by atoms with Gasteiger partial charge in [-0.3, -0.25) is 9.69 Å². The fourth-order valence-electron chi connectivity index (χ4n) is 3.38. The van der Waals surface area contributed by atoms with Gasteiger partial charge in [0.05, 0.1) is 13.7 Å². The maximum absolute atomic E-state index is 13.1. The van der Waals surface area contributed by atoms with Crippen LogP contribution in [-0.4, -0.2) is 77.3 Å². The van der Waals surface area contributed by atoms with E-state index in [1.165, 1.54) is 0 Å². The SMILES string of the molecule is COc1ccc2ccc(N3C(=O)c4ccccc4C3OCCN(C)C)nc2n1.O=C(O)/C=C/C(=O)O. The second-order valence-corrected chi connectivity index (χ2v) is 7.87. The number of carboxylic acid groups (broad SMARTS) is 2. The zero-order valence-corrected chi connectivity index (χ0v) is 20.0. The molecule has 1 atom stereocenters. The van der Waals surface area contributed by atoms with Crippen LogP contribution in [0.1, 0.15) is 22.1 Å². The van der Waals surface area contributed by atoms with Gasteiger partial charge in [-0.2, -0.15) is 4.98 Å². The third kappa shape index (κ3) is 6.40. The third-order valence-electron chi connectivity index (χ3n) is 5.06. The molecule has 11 heteroatoms. The minimum atomic E-state index is -1.26. The fourth-order valence-corrected chi connectivity index (χ4v) is 3.38. The highest BCUT2D eigenvalue weighted by Crippen LogP contribution is 2.37. The highest BCUT2D eigenvalue weighted by Gasteiger charge is 2.39. The number of anilines is 1. The van der Waals surface area contributed by atoms with Crippen molar-refractivity contribution >= 4 is 34.7 Å². The van der Waals surface area contributed by atoms with Crippen molar-refractivity contribution in [3.8, 4) is 5.88 Å². The number of carbonyl (C=O) groups is 3. The zero-order valence-electron chi connectivity index (χ0n) is 20.0. The van der Waals surface area contributed by atoms with Crippen molar-refractivity contribution in [2.45, 2.75) is 6.23 Å². The van der Waals surface area contributed by atoms with Crippen molar-refractivity contribution in [1.82, 2.24) is 14.9 Å². The molecule has 11 nitrogen and oxygen atoms in total. The Labute approximate surface area is 207 Å². The van der Waals surface area contributed by atoms with Gasteiger partial charge in [0.1, 0.15) is 5.82 Å². The van der Waals surface area contributed by atoms with E-state index in [1.54, 1.807) is 18.1 Å². The normalized spacial score (nSPS) is 14.6. The van der Waals surface area contributed by atoms with E-state index in [2.05, 4.69) is 9.97 Å². The van der Waals surface area contributed by atoms with Crippen molar-refractivity contribution in [2.24, 2.45) is 0 Å². The molecule has 3 heterocycles. The monoisotopic (exact) mass is 494 g/mol. The molecule has 1 aliphatic rings. The highest BCUT2D eigenvalue weighted by atomic mass is 16.5. The molecule has 0 radical (unpaired) electrons. The lowest BCUT2D eigenvalue weighted by Crippen LogP contribution is -2.31. The van der Waals surface area contributed by atoms with E-state index in [-0.39, 0.29) is 5.91 Å². The molecule has 2 N–H and O–H groups in total. The zero-order chi connectivity index (χ0) is 26.2. The lowest BCUT2D eigenvalue weighted by molar-refractivity contribution is -0.134. The first kappa shape index (κ1) is 26.3. The predicted octanol–water partition coefficient (Wildman–Crippen LogP) is 2.59. The van der Waals surface area contributed by atoms with E-state index in [1.807, 2.05) is 61.5 Å². The van der Waals surface area contributed by atoms with Gasteiger partial charge in [0, 0.05) is 41.3 Å². The van der Waals surface area contributed by atoms with Gasteiger partial charge in [0.25, 0.3) is 5.91 Å². The number of rotatable bonds is 8. The summed E-state index contributed by atoms with van der Waals surface area (Å²) in [6, 6.07) is 14.9. The van der Waals surface area contributed by atoms with Gasteiger partial charge in [0.2, 0.25) is 5.88 Å². The number of carboxylic acids is 2. The number of hydrogen-bond donors (Lipinski definition) is 2. The maximum Gasteiger partial charge on any atom is 0.328 e. The summed E-state index contributed by atoms with van der Waals surface area (Å²) in [6.07, 6.45) is 0.601. The van der Waals surface area contributed by atoms with E-state index in [9.17, 15) is 14.4 Å². The summed E-state index contributed by atoms with van der Waals surface area (Å²) in [7, 11) is 5.53. The number of aromatic nitrogens is 2. The number of nitrogens with zero attached hydrogens (tertiary/aromatic N) is 4. The molecule has 1 amide bonds. The maximum atomic E-state index is 13.1. The van der Waals surface area contributed by atoms with E-state index in [0.717, 1.165) is 17.5 Å². The van der Waals surface area contributed by atoms with Crippen LogP contribution in [0, 0.1) is 0 Å². The van der Waals surface area contributed by atoms with Gasteiger partial charge in [0.15, 0.2) is 11.9 Å². The number of hydrogen-bond acceptors (Lipinski definition) is 8. The minimum Gasteiger partial charge on any atom is -0.481 e. The number of aliphatic carboxylic acids is 2. The summed E-state index contributed by atoms with van der Waals surface area (Å²) >= 11 is 0. The largest absolute Gasteiger partial charge is 0.481 e. The molecule has 36 heavy (non-hydrogen) atoms.